The fourth-order valence-corrected chi connectivity index (χ4v) is 1.87. The summed E-state index contributed by atoms with van der Waals surface area (Å²) in [6, 6.07) is -0.0139. The zero-order valence-corrected chi connectivity index (χ0v) is 8.27. The molecule has 1 unspecified atom stereocenters. The lowest BCUT2D eigenvalue weighted by molar-refractivity contribution is 0.571. The van der Waals surface area contributed by atoms with Crippen LogP contribution in [0.15, 0.2) is 0 Å². The van der Waals surface area contributed by atoms with Gasteiger partial charge in [0.2, 0.25) is 0 Å². The van der Waals surface area contributed by atoms with Crippen molar-refractivity contribution in [2.45, 2.75) is 25.8 Å². The second kappa shape index (κ2) is 4.92. The summed E-state index contributed by atoms with van der Waals surface area (Å²) in [5.41, 5.74) is 3.64. The summed E-state index contributed by atoms with van der Waals surface area (Å²) >= 11 is 1.35. The van der Waals surface area contributed by atoms with Crippen molar-refractivity contribution in [3.05, 3.63) is 10.6 Å². The molecule has 0 spiro atoms. The maximum absolute atomic E-state index is 5.38. The van der Waals surface area contributed by atoms with Gasteiger partial charge in [0.1, 0.15) is 0 Å². The SMILES string of the molecule is C#CCC(NN)c1snnc1CC. The van der Waals surface area contributed by atoms with Gasteiger partial charge in [-0.2, -0.15) is 0 Å². The summed E-state index contributed by atoms with van der Waals surface area (Å²) in [5.74, 6) is 7.95. The minimum Gasteiger partial charge on any atom is -0.271 e. The first-order valence-electron chi connectivity index (χ1n) is 4.04. The first-order valence-corrected chi connectivity index (χ1v) is 4.81. The minimum atomic E-state index is -0.0139. The van der Waals surface area contributed by atoms with Crippen LogP contribution in [0.1, 0.15) is 30.0 Å². The first kappa shape index (κ1) is 10.1. The van der Waals surface area contributed by atoms with Crippen LogP contribution in [0.4, 0.5) is 0 Å². The molecule has 0 saturated heterocycles. The maximum Gasteiger partial charge on any atom is 0.0801 e. The highest BCUT2D eigenvalue weighted by Crippen LogP contribution is 2.22. The van der Waals surface area contributed by atoms with E-state index >= 15 is 0 Å². The van der Waals surface area contributed by atoms with Crippen LogP contribution in [-0.2, 0) is 6.42 Å². The van der Waals surface area contributed by atoms with E-state index in [1.807, 2.05) is 6.92 Å². The number of hydrogen-bond acceptors (Lipinski definition) is 5. The number of hydrogen-bond donors (Lipinski definition) is 2. The van der Waals surface area contributed by atoms with Crippen LogP contribution in [0.2, 0.25) is 0 Å². The average Bonchev–Trinajstić information content (AvgIpc) is 2.61. The van der Waals surface area contributed by atoms with Crippen LogP contribution >= 0.6 is 11.5 Å². The Labute approximate surface area is 81.7 Å². The number of rotatable bonds is 4. The molecular weight excluding hydrogens is 184 g/mol. The Hall–Kier alpha value is -0.960. The number of nitrogens with zero attached hydrogens (tertiary/aromatic N) is 2. The van der Waals surface area contributed by atoms with Crippen molar-refractivity contribution in [2.75, 3.05) is 0 Å². The van der Waals surface area contributed by atoms with Crippen LogP contribution < -0.4 is 11.3 Å². The molecule has 0 radical (unpaired) electrons. The Balaban J connectivity index is 2.84. The maximum atomic E-state index is 5.38. The van der Waals surface area contributed by atoms with Crippen LogP contribution in [0, 0.1) is 12.3 Å². The first-order chi connectivity index (χ1) is 6.33. The lowest BCUT2D eigenvalue weighted by Crippen LogP contribution is -2.27. The highest BCUT2D eigenvalue weighted by atomic mass is 32.1. The van der Waals surface area contributed by atoms with Gasteiger partial charge < -0.3 is 0 Å². The number of nitrogens with one attached hydrogen (secondary N) is 1. The smallest absolute Gasteiger partial charge is 0.0801 e. The summed E-state index contributed by atoms with van der Waals surface area (Å²) in [5, 5.41) is 3.99. The zero-order chi connectivity index (χ0) is 9.68. The Morgan fingerprint density at radius 2 is 2.54 bits per heavy atom. The fourth-order valence-electron chi connectivity index (χ4n) is 1.07. The van der Waals surface area contributed by atoms with Crippen molar-refractivity contribution >= 4 is 11.5 Å². The molecule has 0 aromatic carbocycles. The quantitative estimate of drug-likeness (QED) is 0.421. The molecular formula is C8H12N4S. The summed E-state index contributed by atoms with van der Waals surface area (Å²) in [6.07, 6.45) is 6.64. The number of aryl methyl sites for hydroxylation is 1. The van der Waals surface area contributed by atoms with Crippen LogP contribution in [0.25, 0.3) is 0 Å². The molecule has 0 fully saturated rings. The lowest BCUT2D eigenvalue weighted by atomic mass is 10.1. The molecule has 0 aliphatic heterocycles. The van der Waals surface area contributed by atoms with Crippen molar-refractivity contribution in [3.8, 4) is 12.3 Å². The summed E-state index contributed by atoms with van der Waals surface area (Å²) < 4.78 is 3.87. The third kappa shape index (κ3) is 2.25. The molecule has 0 aliphatic carbocycles. The third-order valence-electron chi connectivity index (χ3n) is 1.76. The van der Waals surface area contributed by atoms with Crippen molar-refractivity contribution in [1.29, 1.82) is 0 Å². The van der Waals surface area contributed by atoms with Crippen LogP contribution in [-0.4, -0.2) is 9.59 Å². The van der Waals surface area contributed by atoms with Gasteiger partial charge in [0, 0.05) is 6.42 Å². The second-order valence-corrected chi connectivity index (χ2v) is 3.35. The lowest BCUT2D eigenvalue weighted by Gasteiger charge is -2.10. The van der Waals surface area contributed by atoms with Gasteiger partial charge in [0.25, 0.3) is 0 Å². The molecule has 1 atom stereocenters. The Morgan fingerprint density at radius 3 is 3.08 bits per heavy atom. The zero-order valence-electron chi connectivity index (χ0n) is 7.45. The molecule has 13 heavy (non-hydrogen) atoms. The molecule has 3 N–H and O–H groups in total. The van der Waals surface area contributed by atoms with E-state index < -0.39 is 0 Å². The Morgan fingerprint density at radius 1 is 1.77 bits per heavy atom. The topological polar surface area (TPSA) is 63.8 Å². The average molecular weight is 196 g/mol. The Kier molecular flexibility index (Phi) is 3.83. The predicted octanol–water partition coefficient (Wildman–Crippen LogP) is 0.628. The number of terminal acetylenes is 1. The number of nitrogens with two attached hydrogens (primary N) is 1. The van der Waals surface area contributed by atoms with Gasteiger partial charge in [-0.05, 0) is 18.0 Å². The van der Waals surface area contributed by atoms with Crippen LogP contribution in [0.5, 0.6) is 0 Å². The van der Waals surface area contributed by atoms with E-state index in [0.717, 1.165) is 17.0 Å². The highest BCUT2D eigenvalue weighted by Gasteiger charge is 2.15. The van der Waals surface area contributed by atoms with E-state index in [4.69, 9.17) is 12.3 Å². The molecule has 1 aromatic heterocycles. The van der Waals surface area contributed by atoms with Gasteiger partial charge in [-0.25, -0.2) is 0 Å². The van der Waals surface area contributed by atoms with Gasteiger partial charge in [0.05, 0.1) is 16.6 Å². The van der Waals surface area contributed by atoms with E-state index in [1.165, 1.54) is 11.5 Å². The molecule has 1 heterocycles. The molecule has 70 valence electrons. The van der Waals surface area contributed by atoms with Crippen LogP contribution in [0.3, 0.4) is 0 Å². The van der Waals surface area contributed by atoms with E-state index in [-0.39, 0.29) is 6.04 Å². The number of aromatic nitrogens is 2. The van der Waals surface area contributed by atoms with Crippen molar-refractivity contribution in [1.82, 2.24) is 15.0 Å². The summed E-state index contributed by atoms with van der Waals surface area (Å²) in [7, 11) is 0. The molecule has 4 nitrogen and oxygen atoms in total. The third-order valence-corrected chi connectivity index (χ3v) is 2.64. The molecule has 5 heteroatoms. The van der Waals surface area contributed by atoms with Crippen molar-refractivity contribution < 1.29 is 0 Å². The molecule has 0 bridgehead atoms. The monoisotopic (exact) mass is 196 g/mol. The van der Waals surface area contributed by atoms with E-state index in [9.17, 15) is 0 Å². The highest BCUT2D eigenvalue weighted by molar-refractivity contribution is 7.05. The van der Waals surface area contributed by atoms with Gasteiger partial charge in [0.15, 0.2) is 0 Å². The van der Waals surface area contributed by atoms with Gasteiger partial charge >= 0.3 is 0 Å². The molecule has 0 amide bonds. The Bertz CT molecular complexity index is 301. The molecule has 0 saturated carbocycles. The van der Waals surface area contributed by atoms with E-state index in [2.05, 4.69) is 20.9 Å². The van der Waals surface area contributed by atoms with E-state index in [0.29, 0.717) is 6.42 Å². The second-order valence-electron chi connectivity index (χ2n) is 2.56. The summed E-state index contributed by atoms with van der Waals surface area (Å²) in [4.78, 5) is 1.04. The van der Waals surface area contributed by atoms with Crippen molar-refractivity contribution in [2.24, 2.45) is 5.84 Å². The summed E-state index contributed by atoms with van der Waals surface area (Å²) in [6.45, 7) is 2.03. The van der Waals surface area contributed by atoms with Gasteiger partial charge in [-0.15, -0.1) is 17.4 Å². The normalized spacial score (nSPS) is 12.4. The van der Waals surface area contributed by atoms with Gasteiger partial charge in [-0.3, -0.25) is 11.3 Å². The van der Waals surface area contributed by atoms with Gasteiger partial charge in [-0.1, -0.05) is 11.4 Å². The molecule has 1 aromatic rings. The molecule has 0 aliphatic rings. The standard InChI is InChI=1S/C8H12N4S/c1-3-5-7(10-9)8-6(4-2)11-12-13-8/h1,7,10H,4-5,9H2,2H3. The largest absolute Gasteiger partial charge is 0.271 e. The molecule has 1 rings (SSSR count). The minimum absolute atomic E-state index is 0.0139. The predicted molar refractivity (Wildman–Crippen MR) is 52.8 cm³/mol. The fraction of sp³-hybridized carbons (Fsp3) is 0.500. The number of hydrazine groups is 1. The van der Waals surface area contributed by atoms with E-state index in [1.54, 1.807) is 0 Å². The van der Waals surface area contributed by atoms with Crippen molar-refractivity contribution in [3.63, 3.8) is 0 Å².